The predicted octanol–water partition coefficient (Wildman–Crippen LogP) is 0.815. The Balaban J connectivity index is 2.28. The van der Waals surface area contributed by atoms with Crippen molar-refractivity contribution >= 4 is 32.7 Å². The molecule has 0 radical (unpaired) electrons. The monoisotopic (exact) mass is 329 g/mol. The minimum absolute atomic E-state index is 0.0207. The number of hydrazine groups is 1. The number of benzene rings is 1. The number of nitrogens with zero attached hydrogens (tertiary/aromatic N) is 2. The molecule has 0 saturated carbocycles. The van der Waals surface area contributed by atoms with E-state index in [9.17, 15) is 18.5 Å². The fraction of sp³-hybridized carbons (Fsp3) is 0.100. The Morgan fingerprint density at radius 1 is 1.43 bits per heavy atom. The molecule has 2 aromatic rings. The highest BCUT2D eigenvalue weighted by Gasteiger charge is 2.21. The number of rotatable bonds is 6. The highest BCUT2D eigenvalue weighted by atomic mass is 32.2. The van der Waals surface area contributed by atoms with Gasteiger partial charge in [0.15, 0.2) is 0 Å². The number of nitro benzene ring substituents is 1. The van der Waals surface area contributed by atoms with E-state index in [1.54, 1.807) is 10.9 Å². The van der Waals surface area contributed by atoms with E-state index >= 15 is 0 Å². The van der Waals surface area contributed by atoms with Gasteiger partial charge in [-0.3, -0.25) is 16.0 Å². The molecule has 11 heteroatoms. The second-order valence-corrected chi connectivity index (χ2v) is 6.34. The third-order valence-electron chi connectivity index (χ3n) is 2.55. The molecule has 1 aromatic carbocycles. The molecule has 4 N–H and O–H groups in total. The molecule has 0 spiro atoms. The molecular weight excluding hydrogens is 318 g/mol. The van der Waals surface area contributed by atoms with Crippen LogP contribution in [0.2, 0.25) is 0 Å². The van der Waals surface area contributed by atoms with Gasteiger partial charge < -0.3 is 5.43 Å². The molecule has 0 aliphatic rings. The molecule has 9 nitrogen and oxygen atoms in total. The maximum Gasteiger partial charge on any atom is 0.271 e. The first kappa shape index (κ1) is 15.3. The highest BCUT2D eigenvalue weighted by Crippen LogP contribution is 2.25. The Kier molecular flexibility index (Phi) is 4.47. The van der Waals surface area contributed by atoms with Crippen molar-refractivity contribution in [1.29, 1.82) is 0 Å². The number of thiazole rings is 1. The molecule has 0 bridgehead atoms. The summed E-state index contributed by atoms with van der Waals surface area (Å²) >= 11 is 1.35. The summed E-state index contributed by atoms with van der Waals surface area (Å²) < 4.78 is 26.7. The summed E-state index contributed by atoms with van der Waals surface area (Å²) in [5.41, 5.74) is 3.99. The molecule has 0 saturated heterocycles. The highest BCUT2D eigenvalue weighted by molar-refractivity contribution is 7.89. The van der Waals surface area contributed by atoms with Crippen LogP contribution in [0.25, 0.3) is 0 Å². The molecule has 0 amide bonds. The third-order valence-corrected chi connectivity index (χ3v) is 4.64. The summed E-state index contributed by atoms with van der Waals surface area (Å²) in [5, 5.41) is 12.4. The number of anilines is 1. The van der Waals surface area contributed by atoms with Crippen molar-refractivity contribution in [1.82, 2.24) is 9.71 Å². The van der Waals surface area contributed by atoms with Crippen LogP contribution in [-0.4, -0.2) is 18.3 Å². The molecule has 0 aliphatic carbocycles. The number of non-ortho nitro benzene ring substituents is 1. The summed E-state index contributed by atoms with van der Waals surface area (Å²) in [6.45, 7) is 0.0207. The molecule has 1 heterocycles. The second-order valence-electron chi connectivity index (χ2n) is 3.89. The van der Waals surface area contributed by atoms with Crippen LogP contribution in [0.5, 0.6) is 0 Å². The zero-order valence-electron chi connectivity index (χ0n) is 10.5. The number of nitrogens with two attached hydrogens (primary N) is 1. The normalized spacial score (nSPS) is 11.3. The Morgan fingerprint density at radius 2 is 2.19 bits per heavy atom. The summed E-state index contributed by atoms with van der Waals surface area (Å²) in [5.74, 6) is 5.23. The van der Waals surface area contributed by atoms with Gasteiger partial charge in [0, 0.05) is 17.5 Å². The molecule has 1 aromatic heterocycles. The van der Waals surface area contributed by atoms with Crippen molar-refractivity contribution in [2.24, 2.45) is 5.84 Å². The van der Waals surface area contributed by atoms with E-state index in [1.165, 1.54) is 11.3 Å². The first-order valence-electron chi connectivity index (χ1n) is 5.56. The van der Waals surface area contributed by atoms with Gasteiger partial charge in [0.05, 0.1) is 28.4 Å². The number of aromatic nitrogens is 1. The number of hydrogen-bond donors (Lipinski definition) is 3. The average molecular weight is 329 g/mol. The summed E-state index contributed by atoms with van der Waals surface area (Å²) in [6, 6.07) is 3.27. The Morgan fingerprint density at radius 3 is 2.76 bits per heavy atom. The predicted molar refractivity (Wildman–Crippen MR) is 77.0 cm³/mol. The van der Waals surface area contributed by atoms with Gasteiger partial charge in [0.25, 0.3) is 5.69 Å². The van der Waals surface area contributed by atoms with Crippen LogP contribution in [0.4, 0.5) is 11.4 Å². The van der Waals surface area contributed by atoms with Crippen LogP contribution in [0, 0.1) is 10.1 Å². The van der Waals surface area contributed by atoms with Crippen molar-refractivity contribution in [2.75, 3.05) is 5.43 Å². The van der Waals surface area contributed by atoms with Crippen molar-refractivity contribution in [3.8, 4) is 0 Å². The van der Waals surface area contributed by atoms with Gasteiger partial charge in [-0.05, 0) is 6.07 Å². The molecule has 0 unspecified atom stereocenters. The minimum Gasteiger partial charge on any atom is -0.323 e. The smallest absolute Gasteiger partial charge is 0.271 e. The Bertz CT molecular complexity index is 745. The maximum absolute atomic E-state index is 12.2. The zero-order chi connectivity index (χ0) is 15.5. The van der Waals surface area contributed by atoms with Crippen molar-refractivity contribution < 1.29 is 13.3 Å². The van der Waals surface area contributed by atoms with Crippen LogP contribution in [0.1, 0.15) is 5.69 Å². The molecular formula is C10H11N5O4S2. The number of nitrogen functional groups attached to an aromatic ring is 1. The SMILES string of the molecule is NNc1cc([N+](=O)[O-])ccc1S(=O)(=O)NCc1cscn1. The van der Waals surface area contributed by atoms with E-state index in [2.05, 4.69) is 15.1 Å². The van der Waals surface area contributed by atoms with Crippen molar-refractivity contribution in [3.05, 3.63) is 44.9 Å². The van der Waals surface area contributed by atoms with E-state index in [-0.39, 0.29) is 22.8 Å². The van der Waals surface area contributed by atoms with E-state index in [4.69, 9.17) is 5.84 Å². The first-order valence-corrected chi connectivity index (χ1v) is 7.98. The zero-order valence-corrected chi connectivity index (χ0v) is 12.1. The van der Waals surface area contributed by atoms with Gasteiger partial charge >= 0.3 is 0 Å². The lowest BCUT2D eigenvalue weighted by Crippen LogP contribution is -2.25. The number of sulfonamides is 1. The third kappa shape index (κ3) is 3.52. The molecule has 0 fully saturated rings. The van der Waals surface area contributed by atoms with Crippen LogP contribution in [0.3, 0.4) is 0 Å². The van der Waals surface area contributed by atoms with Gasteiger partial charge in [0.2, 0.25) is 10.0 Å². The fourth-order valence-corrected chi connectivity index (χ4v) is 3.26. The van der Waals surface area contributed by atoms with Gasteiger partial charge in [-0.25, -0.2) is 18.1 Å². The number of nitrogens with one attached hydrogen (secondary N) is 2. The molecule has 2 rings (SSSR count). The average Bonchev–Trinajstić information content (AvgIpc) is 2.97. The van der Waals surface area contributed by atoms with Gasteiger partial charge in [-0.1, -0.05) is 0 Å². The maximum atomic E-state index is 12.2. The fourth-order valence-electron chi connectivity index (χ4n) is 1.55. The van der Waals surface area contributed by atoms with Crippen molar-refractivity contribution in [2.45, 2.75) is 11.4 Å². The molecule has 21 heavy (non-hydrogen) atoms. The van der Waals surface area contributed by atoms with E-state index in [0.717, 1.165) is 18.2 Å². The van der Waals surface area contributed by atoms with Crippen LogP contribution >= 0.6 is 11.3 Å². The van der Waals surface area contributed by atoms with Crippen LogP contribution in [-0.2, 0) is 16.6 Å². The first-order chi connectivity index (χ1) is 9.94. The number of nitro groups is 1. The molecule has 0 atom stereocenters. The minimum atomic E-state index is -3.87. The lowest BCUT2D eigenvalue weighted by Gasteiger charge is -2.10. The van der Waals surface area contributed by atoms with Gasteiger partial charge in [0.1, 0.15) is 4.90 Å². The summed E-state index contributed by atoms with van der Waals surface area (Å²) in [6.07, 6.45) is 0. The van der Waals surface area contributed by atoms with E-state index in [1.807, 2.05) is 0 Å². The number of hydrogen-bond acceptors (Lipinski definition) is 8. The molecule has 112 valence electrons. The van der Waals surface area contributed by atoms with E-state index < -0.39 is 14.9 Å². The van der Waals surface area contributed by atoms with Crippen LogP contribution in [0.15, 0.2) is 34.0 Å². The van der Waals surface area contributed by atoms with E-state index in [0.29, 0.717) is 5.69 Å². The Hall–Kier alpha value is -2.08. The lowest BCUT2D eigenvalue weighted by molar-refractivity contribution is -0.384. The molecule has 0 aliphatic heterocycles. The largest absolute Gasteiger partial charge is 0.323 e. The quantitative estimate of drug-likeness (QED) is 0.404. The second kappa shape index (κ2) is 6.13. The van der Waals surface area contributed by atoms with Crippen LogP contribution < -0.4 is 16.0 Å². The Labute approximate surface area is 124 Å². The summed E-state index contributed by atoms with van der Waals surface area (Å²) in [4.78, 5) is 13.8. The standard InChI is InChI=1S/C10H11N5O4S2/c11-14-9-3-8(15(16)17)1-2-10(9)21(18,19)13-4-7-5-20-6-12-7/h1-3,5-6,13-14H,4,11H2. The van der Waals surface area contributed by atoms with Gasteiger partial charge in [-0.2, -0.15) is 0 Å². The van der Waals surface area contributed by atoms with Crippen molar-refractivity contribution in [3.63, 3.8) is 0 Å². The van der Waals surface area contributed by atoms with Gasteiger partial charge in [-0.15, -0.1) is 11.3 Å². The summed E-state index contributed by atoms with van der Waals surface area (Å²) in [7, 11) is -3.87. The lowest BCUT2D eigenvalue weighted by atomic mass is 10.3. The topological polar surface area (TPSA) is 140 Å².